The fourth-order valence-electron chi connectivity index (χ4n) is 3.52. The van der Waals surface area contributed by atoms with E-state index in [9.17, 15) is 4.79 Å². The van der Waals surface area contributed by atoms with Gasteiger partial charge in [0.2, 0.25) is 0 Å². The molecule has 0 saturated heterocycles. The predicted molar refractivity (Wildman–Crippen MR) is 99.1 cm³/mol. The van der Waals surface area contributed by atoms with Crippen LogP contribution in [0.4, 0.5) is 0 Å². The van der Waals surface area contributed by atoms with Gasteiger partial charge in [-0.3, -0.25) is 9.89 Å². The Labute approximate surface area is 150 Å². The molecule has 0 bridgehead atoms. The Bertz CT molecular complexity index is 1080. The van der Waals surface area contributed by atoms with Crippen LogP contribution in [0.2, 0.25) is 0 Å². The van der Waals surface area contributed by atoms with Crippen LogP contribution in [0, 0.1) is 0 Å². The Balaban J connectivity index is 1.63. The molecule has 1 aliphatic rings. The summed E-state index contributed by atoms with van der Waals surface area (Å²) in [5.41, 5.74) is 5.34. The minimum Gasteiger partial charge on any atom is -0.340 e. The Morgan fingerprint density at radius 3 is 2.54 bits per heavy atom. The molecule has 0 fully saturated rings. The zero-order valence-electron chi connectivity index (χ0n) is 13.9. The first kappa shape index (κ1) is 14.7. The molecule has 5 heteroatoms. The monoisotopic (exact) mass is 340 g/mol. The van der Waals surface area contributed by atoms with E-state index in [1.54, 1.807) is 0 Å². The third-order valence-electron chi connectivity index (χ3n) is 4.75. The number of aromatic nitrogens is 3. The largest absolute Gasteiger partial charge is 0.340 e. The third-order valence-corrected chi connectivity index (χ3v) is 4.75. The molecule has 1 aliphatic heterocycles. The molecule has 0 spiro atoms. The highest BCUT2D eigenvalue weighted by atomic mass is 16.2. The second-order valence-corrected chi connectivity index (χ2v) is 6.32. The molecular formula is C21H16N4O. The minimum atomic E-state index is -0.220. The second kappa shape index (κ2) is 5.74. The van der Waals surface area contributed by atoms with Crippen LogP contribution >= 0.6 is 0 Å². The maximum absolute atomic E-state index is 12.4. The summed E-state index contributed by atoms with van der Waals surface area (Å²) >= 11 is 0. The molecule has 4 aromatic rings. The summed E-state index contributed by atoms with van der Waals surface area (Å²) in [6, 6.07) is 21.9. The van der Waals surface area contributed by atoms with Crippen molar-refractivity contribution in [3.63, 3.8) is 0 Å². The lowest BCUT2D eigenvalue weighted by atomic mass is 9.96. The first-order chi connectivity index (χ1) is 12.8. The molecule has 0 aliphatic carbocycles. The Morgan fingerprint density at radius 1 is 0.923 bits per heavy atom. The van der Waals surface area contributed by atoms with E-state index in [1.807, 2.05) is 67.0 Å². The van der Waals surface area contributed by atoms with Crippen molar-refractivity contribution in [2.75, 3.05) is 0 Å². The maximum atomic E-state index is 12.4. The maximum Gasteiger partial charge on any atom is 0.270 e. The van der Waals surface area contributed by atoms with E-state index in [2.05, 4.69) is 32.2 Å². The van der Waals surface area contributed by atoms with Crippen molar-refractivity contribution in [1.29, 1.82) is 0 Å². The highest BCUT2D eigenvalue weighted by Gasteiger charge is 2.35. The molecule has 3 heterocycles. The Morgan fingerprint density at radius 2 is 1.73 bits per heavy atom. The number of nitrogens with zero attached hydrogens (tertiary/aromatic N) is 2. The van der Waals surface area contributed by atoms with Crippen molar-refractivity contribution >= 4 is 5.91 Å². The molecule has 5 rings (SSSR count). The second-order valence-electron chi connectivity index (χ2n) is 6.32. The van der Waals surface area contributed by atoms with Crippen LogP contribution in [-0.4, -0.2) is 20.7 Å². The van der Waals surface area contributed by atoms with Crippen LogP contribution in [0.25, 0.3) is 16.9 Å². The predicted octanol–water partition coefficient (Wildman–Crippen LogP) is 3.70. The number of rotatable bonds is 3. The summed E-state index contributed by atoms with van der Waals surface area (Å²) in [6.07, 6.45) is 4.01. The number of carbonyl (C=O) groups excluding carboxylic acids is 1. The van der Waals surface area contributed by atoms with Gasteiger partial charge in [-0.2, -0.15) is 5.10 Å². The number of fused-ring (bicyclic) bond motifs is 1. The van der Waals surface area contributed by atoms with Gasteiger partial charge in [-0.15, -0.1) is 0 Å². The summed E-state index contributed by atoms with van der Waals surface area (Å²) in [6.45, 7) is 0. The number of carbonyl (C=O) groups is 1. The molecule has 2 N–H and O–H groups in total. The van der Waals surface area contributed by atoms with E-state index in [1.165, 1.54) is 0 Å². The van der Waals surface area contributed by atoms with Crippen LogP contribution < -0.4 is 5.32 Å². The number of hydrogen-bond donors (Lipinski definition) is 2. The van der Waals surface area contributed by atoms with E-state index >= 15 is 0 Å². The first-order valence-electron chi connectivity index (χ1n) is 8.49. The zero-order chi connectivity index (χ0) is 17.5. The van der Waals surface area contributed by atoms with E-state index in [-0.39, 0.29) is 11.9 Å². The number of H-pyrrole nitrogens is 1. The molecule has 1 atom stereocenters. The summed E-state index contributed by atoms with van der Waals surface area (Å²) in [4.78, 5) is 12.4. The molecule has 26 heavy (non-hydrogen) atoms. The zero-order valence-corrected chi connectivity index (χ0v) is 13.9. The van der Waals surface area contributed by atoms with E-state index in [4.69, 9.17) is 0 Å². The average molecular weight is 340 g/mol. The molecule has 1 amide bonds. The molecule has 0 radical (unpaired) electrons. The summed E-state index contributed by atoms with van der Waals surface area (Å²) in [7, 11) is 0. The van der Waals surface area contributed by atoms with Gasteiger partial charge in [-0.25, -0.2) is 0 Å². The molecule has 5 nitrogen and oxygen atoms in total. The van der Waals surface area contributed by atoms with Crippen molar-refractivity contribution in [2.24, 2.45) is 0 Å². The highest BCUT2D eigenvalue weighted by molar-refractivity contribution is 6.00. The number of aromatic amines is 1. The Hall–Kier alpha value is -3.60. The number of amides is 1. The lowest BCUT2D eigenvalue weighted by Crippen LogP contribution is -2.21. The molecule has 126 valence electrons. The van der Waals surface area contributed by atoms with Crippen molar-refractivity contribution in [1.82, 2.24) is 20.1 Å². The third kappa shape index (κ3) is 2.25. The van der Waals surface area contributed by atoms with Crippen LogP contribution in [0.15, 0.2) is 79.1 Å². The van der Waals surface area contributed by atoms with Gasteiger partial charge in [0.05, 0.1) is 11.7 Å². The van der Waals surface area contributed by atoms with Gasteiger partial charge in [0.1, 0.15) is 5.69 Å². The molecule has 1 unspecified atom stereocenters. The highest BCUT2D eigenvalue weighted by Crippen LogP contribution is 2.37. The summed E-state index contributed by atoms with van der Waals surface area (Å²) < 4.78 is 2.05. The summed E-state index contributed by atoms with van der Waals surface area (Å²) in [5.74, 6) is -0.119. The van der Waals surface area contributed by atoms with Gasteiger partial charge in [-0.1, -0.05) is 42.5 Å². The number of nitrogens with one attached hydrogen (secondary N) is 2. The average Bonchev–Trinajstić information content (AvgIpc) is 3.41. The van der Waals surface area contributed by atoms with Crippen molar-refractivity contribution in [3.8, 4) is 16.9 Å². The lowest BCUT2D eigenvalue weighted by Gasteiger charge is -2.15. The van der Waals surface area contributed by atoms with Gasteiger partial charge in [0, 0.05) is 29.2 Å². The molecular weight excluding hydrogens is 324 g/mol. The van der Waals surface area contributed by atoms with Crippen molar-refractivity contribution < 1.29 is 4.79 Å². The first-order valence-corrected chi connectivity index (χ1v) is 8.49. The van der Waals surface area contributed by atoms with Crippen LogP contribution in [-0.2, 0) is 0 Å². The molecule has 2 aromatic heterocycles. The normalized spacial score (nSPS) is 15.7. The molecule has 0 saturated carbocycles. The van der Waals surface area contributed by atoms with Crippen molar-refractivity contribution in [3.05, 3.63) is 95.9 Å². The lowest BCUT2D eigenvalue weighted by molar-refractivity contribution is 0.0955. The van der Waals surface area contributed by atoms with Gasteiger partial charge in [0.25, 0.3) is 5.91 Å². The van der Waals surface area contributed by atoms with Gasteiger partial charge in [-0.05, 0) is 29.8 Å². The van der Waals surface area contributed by atoms with Gasteiger partial charge < -0.3 is 9.88 Å². The van der Waals surface area contributed by atoms with E-state index < -0.39 is 0 Å². The number of hydrogen-bond acceptors (Lipinski definition) is 2. The van der Waals surface area contributed by atoms with E-state index in [0.29, 0.717) is 5.69 Å². The SMILES string of the molecule is O=C1NC(c2cccc(-n3cccc3)c2)c2c(-c3ccccc3)n[nH]c21. The van der Waals surface area contributed by atoms with E-state index in [0.717, 1.165) is 28.1 Å². The topological polar surface area (TPSA) is 62.7 Å². The van der Waals surface area contributed by atoms with Crippen LogP contribution in [0.3, 0.4) is 0 Å². The quantitative estimate of drug-likeness (QED) is 0.597. The van der Waals surface area contributed by atoms with Crippen molar-refractivity contribution in [2.45, 2.75) is 6.04 Å². The fraction of sp³-hybridized carbons (Fsp3) is 0.0476. The fourth-order valence-corrected chi connectivity index (χ4v) is 3.52. The molecule has 2 aromatic carbocycles. The van der Waals surface area contributed by atoms with Crippen LogP contribution in [0.1, 0.15) is 27.7 Å². The van der Waals surface area contributed by atoms with Crippen LogP contribution in [0.5, 0.6) is 0 Å². The van der Waals surface area contributed by atoms with Gasteiger partial charge >= 0.3 is 0 Å². The Kier molecular flexibility index (Phi) is 3.25. The standard InChI is InChI=1S/C21H16N4O/c26-21-20-17(19(23-24-20)14-7-2-1-3-8-14)18(22-21)15-9-6-10-16(13-15)25-11-4-5-12-25/h1-13,18H,(H,22,26)(H,23,24). The smallest absolute Gasteiger partial charge is 0.270 e. The summed E-state index contributed by atoms with van der Waals surface area (Å²) in [5, 5.41) is 10.4. The number of benzene rings is 2. The minimum absolute atomic E-state index is 0.119. The van der Waals surface area contributed by atoms with Gasteiger partial charge in [0.15, 0.2) is 0 Å².